The van der Waals surface area contributed by atoms with Crippen molar-refractivity contribution in [2.75, 3.05) is 0 Å². The van der Waals surface area contributed by atoms with Crippen molar-refractivity contribution in [2.45, 2.75) is 33.7 Å². The number of amides is 1. The normalized spacial score (nSPS) is 14.6. The Hall–Kier alpha value is -1.26. The highest BCUT2D eigenvalue weighted by Crippen LogP contribution is 2.11. The van der Waals surface area contributed by atoms with E-state index in [9.17, 15) is 4.79 Å². The molecule has 82 valence electrons. The monoisotopic (exact) mass is 201 g/mol. The van der Waals surface area contributed by atoms with Gasteiger partial charge in [0, 0.05) is 6.04 Å². The van der Waals surface area contributed by atoms with E-state index in [4.69, 9.17) is 10.9 Å². The van der Waals surface area contributed by atoms with Crippen molar-refractivity contribution < 1.29 is 10.0 Å². The van der Waals surface area contributed by atoms with E-state index < -0.39 is 5.92 Å². The minimum atomic E-state index is -0.567. The molecule has 0 fully saturated rings. The number of oxime groups is 1. The van der Waals surface area contributed by atoms with Crippen LogP contribution in [0.15, 0.2) is 5.16 Å². The third-order valence-corrected chi connectivity index (χ3v) is 1.81. The molecule has 0 spiro atoms. The van der Waals surface area contributed by atoms with Crippen LogP contribution in [0.25, 0.3) is 0 Å². The molecule has 0 aliphatic heterocycles. The fraction of sp³-hybridized carbons (Fsp3) is 0.778. The highest BCUT2D eigenvalue weighted by atomic mass is 16.4. The molecule has 14 heavy (non-hydrogen) atoms. The summed E-state index contributed by atoms with van der Waals surface area (Å²) in [5.74, 6) is -0.810. The molecule has 0 aliphatic carbocycles. The van der Waals surface area contributed by atoms with Gasteiger partial charge < -0.3 is 16.3 Å². The van der Waals surface area contributed by atoms with E-state index in [-0.39, 0.29) is 23.7 Å². The summed E-state index contributed by atoms with van der Waals surface area (Å²) in [5.41, 5.74) is 5.43. The summed E-state index contributed by atoms with van der Waals surface area (Å²) in [6, 6.07) is 0.0512. The third-order valence-electron chi connectivity index (χ3n) is 1.81. The largest absolute Gasteiger partial charge is 0.409 e. The molecule has 0 saturated heterocycles. The summed E-state index contributed by atoms with van der Waals surface area (Å²) < 4.78 is 0. The average molecular weight is 201 g/mol. The number of hydrogen-bond acceptors (Lipinski definition) is 3. The standard InChI is InChI=1S/C9H19N3O2/c1-5(2)7(8(10)12-14)9(13)11-6(3)4/h5-7,14H,1-4H3,(H2,10,12)(H,11,13). The molecule has 0 aromatic heterocycles. The number of hydrogen-bond donors (Lipinski definition) is 3. The van der Waals surface area contributed by atoms with Gasteiger partial charge in [-0.2, -0.15) is 0 Å². The first-order chi connectivity index (χ1) is 6.40. The van der Waals surface area contributed by atoms with Crippen LogP contribution in [-0.2, 0) is 4.79 Å². The van der Waals surface area contributed by atoms with Crippen molar-refractivity contribution in [2.24, 2.45) is 22.7 Å². The smallest absolute Gasteiger partial charge is 0.231 e. The fourth-order valence-electron chi connectivity index (χ4n) is 1.22. The number of nitrogens with zero attached hydrogens (tertiary/aromatic N) is 1. The van der Waals surface area contributed by atoms with E-state index in [2.05, 4.69) is 10.5 Å². The lowest BCUT2D eigenvalue weighted by Crippen LogP contribution is -2.44. The lowest BCUT2D eigenvalue weighted by Gasteiger charge is -2.20. The van der Waals surface area contributed by atoms with Crippen LogP contribution in [-0.4, -0.2) is 23.0 Å². The van der Waals surface area contributed by atoms with Gasteiger partial charge in [-0.05, 0) is 19.8 Å². The summed E-state index contributed by atoms with van der Waals surface area (Å²) in [6.45, 7) is 7.42. The minimum Gasteiger partial charge on any atom is -0.409 e. The summed E-state index contributed by atoms with van der Waals surface area (Å²) in [6.07, 6.45) is 0. The van der Waals surface area contributed by atoms with Crippen LogP contribution in [0.4, 0.5) is 0 Å². The molecule has 0 rings (SSSR count). The molecule has 0 heterocycles. The second-order valence-electron chi connectivity index (χ2n) is 3.91. The quantitative estimate of drug-likeness (QED) is 0.268. The summed E-state index contributed by atoms with van der Waals surface area (Å²) in [5, 5.41) is 14.1. The topological polar surface area (TPSA) is 87.7 Å². The Bertz CT molecular complexity index is 224. The SMILES string of the molecule is CC(C)NC(=O)C(C(N)=NO)C(C)C. The number of amidine groups is 1. The van der Waals surface area contributed by atoms with Gasteiger partial charge in [-0.15, -0.1) is 0 Å². The Kier molecular flexibility index (Phi) is 4.97. The molecule has 1 atom stereocenters. The minimum absolute atomic E-state index is 0.00431. The highest BCUT2D eigenvalue weighted by molar-refractivity contribution is 6.02. The second-order valence-corrected chi connectivity index (χ2v) is 3.91. The van der Waals surface area contributed by atoms with E-state index >= 15 is 0 Å². The summed E-state index contributed by atoms with van der Waals surface area (Å²) >= 11 is 0. The zero-order valence-electron chi connectivity index (χ0n) is 9.11. The van der Waals surface area contributed by atoms with Gasteiger partial charge >= 0.3 is 0 Å². The Morgan fingerprint density at radius 3 is 2.14 bits per heavy atom. The molecule has 0 bridgehead atoms. The van der Waals surface area contributed by atoms with E-state index in [1.807, 2.05) is 27.7 Å². The van der Waals surface area contributed by atoms with Crippen LogP contribution in [0.2, 0.25) is 0 Å². The second kappa shape index (κ2) is 5.47. The van der Waals surface area contributed by atoms with Gasteiger partial charge in [0.1, 0.15) is 5.92 Å². The Morgan fingerprint density at radius 1 is 1.36 bits per heavy atom. The zero-order valence-corrected chi connectivity index (χ0v) is 9.11. The molecule has 5 heteroatoms. The summed E-state index contributed by atoms with van der Waals surface area (Å²) in [4.78, 5) is 11.6. The Morgan fingerprint density at radius 2 is 1.86 bits per heavy atom. The Labute approximate surface area is 84.4 Å². The predicted octanol–water partition coefficient (Wildman–Crippen LogP) is 0.530. The molecule has 0 aromatic carbocycles. The molecule has 1 amide bonds. The lowest BCUT2D eigenvalue weighted by atomic mass is 9.93. The van der Waals surface area contributed by atoms with Gasteiger partial charge in [-0.1, -0.05) is 19.0 Å². The number of nitrogens with one attached hydrogen (secondary N) is 1. The van der Waals surface area contributed by atoms with Gasteiger partial charge in [0.25, 0.3) is 0 Å². The molecule has 5 nitrogen and oxygen atoms in total. The van der Waals surface area contributed by atoms with Crippen LogP contribution < -0.4 is 11.1 Å². The van der Waals surface area contributed by atoms with Crippen LogP contribution in [0, 0.1) is 11.8 Å². The van der Waals surface area contributed by atoms with Crippen molar-refractivity contribution in [1.82, 2.24) is 5.32 Å². The first kappa shape index (κ1) is 12.7. The molecule has 0 radical (unpaired) electrons. The van der Waals surface area contributed by atoms with Crippen LogP contribution in [0.3, 0.4) is 0 Å². The highest BCUT2D eigenvalue weighted by Gasteiger charge is 2.26. The average Bonchev–Trinajstić information content (AvgIpc) is 2.01. The maximum absolute atomic E-state index is 11.6. The molecule has 1 unspecified atom stereocenters. The molecule has 0 aromatic rings. The molecule has 4 N–H and O–H groups in total. The van der Waals surface area contributed by atoms with Gasteiger partial charge in [-0.25, -0.2) is 0 Å². The van der Waals surface area contributed by atoms with Crippen molar-refractivity contribution in [3.63, 3.8) is 0 Å². The van der Waals surface area contributed by atoms with Crippen molar-refractivity contribution in [3.05, 3.63) is 0 Å². The van der Waals surface area contributed by atoms with Gasteiger partial charge in [0.05, 0.1) is 0 Å². The van der Waals surface area contributed by atoms with Gasteiger partial charge in [0.2, 0.25) is 5.91 Å². The number of rotatable bonds is 4. The van der Waals surface area contributed by atoms with E-state index in [1.165, 1.54) is 0 Å². The Balaban J connectivity index is 4.59. The van der Waals surface area contributed by atoms with E-state index in [0.29, 0.717) is 0 Å². The number of nitrogens with two attached hydrogens (primary N) is 1. The maximum atomic E-state index is 11.6. The first-order valence-corrected chi connectivity index (χ1v) is 4.68. The number of carbonyl (C=O) groups excluding carboxylic acids is 1. The predicted molar refractivity (Wildman–Crippen MR) is 55.0 cm³/mol. The van der Waals surface area contributed by atoms with Crippen LogP contribution in [0.5, 0.6) is 0 Å². The zero-order chi connectivity index (χ0) is 11.3. The molecular formula is C9H19N3O2. The van der Waals surface area contributed by atoms with Crippen molar-refractivity contribution in [1.29, 1.82) is 0 Å². The fourth-order valence-corrected chi connectivity index (χ4v) is 1.22. The van der Waals surface area contributed by atoms with E-state index in [1.54, 1.807) is 0 Å². The van der Waals surface area contributed by atoms with Crippen LogP contribution in [0.1, 0.15) is 27.7 Å². The third kappa shape index (κ3) is 3.64. The van der Waals surface area contributed by atoms with Crippen LogP contribution >= 0.6 is 0 Å². The van der Waals surface area contributed by atoms with Crippen molar-refractivity contribution in [3.8, 4) is 0 Å². The van der Waals surface area contributed by atoms with Crippen molar-refractivity contribution >= 4 is 11.7 Å². The first-order valence-electron chi connectivity index (χ1n) is 4.68. The lowest BCUT2D eigenvalue weighted by molar-refractivity contribution is -0.124. The van der Waals surface area contributed by atoms with Gasteiger partial charge in [-0.3, -0.25) is 4.79 Å². The molecular weight excluding hydrogens is 182 g/mol. The maximum Gasteiger partial charge on any atom is 0.231 e. The number of carbonyl (C=O) groups is 1. The van der Waals surface area contributed by atoms with E-state index in [0.717, 1.165) is 0 Å². The molecule has 0 saturated carbocycles. The van der Waals surface area contributed by atoms with Gasteiger partial charge in [0.15, 0.2) is 5.84 Å². The molecule has 0 aliphatic rings. The summed E-state index contributed by atoms with van der Waals surface area (Å²) in [7, 11) is 0.